The lowest BCUT2D eigenvalue weighted by atomic mass is 10.0. The molecule has 93 heavy (non-hydrogen) atoms. The molecule has 0 aliphatic heterocycles. The van der Waals surface area contributed by atoms with Gasteiger partial charge in [0, 0.05) is 12.8 Å². The Bertz CT molecular complexity index is 1460. The fraction of sp³-hybridized carbons (Fsp3) is 0.931. The molecule has 0 aliphatic rings. The smallest absolute Gasteiger partial charge is 0.305 e. The standard InChI is InChI=1S/C87H169NO5/c1-3-5-7-9-11-13-15-17-19-21-23-24-38-41-44-47-51-55-59-63-67-71-75-79-85(90)84(83-89)88-86(91)80-76-72-68-64-60-56-52-48-45-42-39-36-34-32-30-28-26-25-27-29-31-33-35-37-40-43-46-50-54-58-62-66-70-74-78-82-93-87(92)81-77-73-69-65-61-57-53-49-22-20-18-16-14-12-10-8-6-4-2/h20,22,75,79,84-85,89-90H,3-19,21,23-74,76-78,80-83H2,1-2H3,(H,88,91)/b22-20-,79-75+. The highest BCUT2D eigenvalue weighted by atomic mass is 16.5. The number of unbranched alkanes of at least 4 members (excludes halogenated alkanes) is 69. The third-order valence-electron chi connectivity index (χ3n) is 20.5. The maximum atomic E-state index is 12.6. The number of amides is 1. The van der Waals surface area contributed by atoms with Crippen LogP contribution >= 0.6 is 0 Å². The van der Waals surface area contributed by atoms with Crippen molar-refractivity contribution in [3.63, 3.8) is 0 Å². The Labute approximate surface area is 583 Å². The minimum atomic E-state index is -0.842. The number of rotatable bonds is 82. The molecule has 2 unspecified atom stereocenters. The molecule has 0 bridgehead atoms. The first-order valence-corrected chi connectivity index (χ1v) is 43.1. The summed E-state index contributed by atoms with van der Waals surface area (Å²) in [5.41, 5.74) is 0. The van der Waals surface area contributed by atoms with E-state index in [9.17, 15) is 19.8 Å². The van der Waals surface area contributed by atoms with Crippen molar-refractivity contribution in [1.82, 2.24) is 5.32 Å². The van der Waals surface area contributed by atoms with Gasteiger partial charge in [-0.05, 0) is 57.8 Å². The Morgan fingerprint density at radius 2 is 0.505 bits per heavy atom. The molecule has 6 nitrogen and oxygen atoms in total. The number of nitrogens with one attached hydrogen (secondary N) is 1. The molecule has 1 amide bonds. The fourth-order valence-corrected chi connectivity index (χ4v) is 13.9. The molecule has 0 rings (SSSR count). The van der Waals surface area contributed by atoms with Crippen LogP contribution in [0.3, 0.4) is 0 Å². The molecule has 0 heterocycles. The molecule has 0 aromatic carbocycles. The lowest BCUT2D eigenvalue weighted by Crippen LogP contribution is -2.45. The van der Waals surface area contributed by atoms with Crippen molar-refractivity contribution < 1.29 is 24.5 Å². The van der Waals surface area contributed by atoms with Crippen molar-refractivity contribution in [3.8, 4) is 0 Å². The summed E-state index contributed by atoms with van der Waals surface area (Å²) < 4.78 is 5.52. The maximum Gasteiger partial charge on any atom is 0.305 e. The van der Waals surface area contributed by atoms with Crippen molar-refractivity contribution >= 4 is 11.9 Å². The fourth-order valence-electron chi connectivity index (χ4n) is 13.9. The van der Waals surface area contributed by atoms with Crippen LogP contribution in [0, 0.1) is 0 Å². The number of esters is 1. The first-order valence-electron chi connectivity index (χ1n) is 43.1. The molecular weight excluding hydrogens is 1140 g/mol. The predicted molar refractivity (Wildman–Crippen MR) is 412 cm³/mol. The molecule has 0 aliphatic carbocycles. The second kappa shape index (κ2) is 82.8. The van der Waals surface area contributed by atoms with Crippen LogP contribution in [-0.2, 0) is 14.3 Å². The molecule has 0 fully saturated rings. The van der Waals surface area contributed by atoms with Crippen LogP contribution in [0.4, 0.5) is 0 Å². The Kier molecular flexibility index (Phi) is 81.3. The highest BCUT2D eigenvalue weighted by molar-refractivity contribution is 5.76. The van der Waals surface area contributed by atoms with Crippen molar-refractivity contribution in [2.45, 2.75) is 508 Å². The van der Waals surface area contributed by atoms with Crippen LogP contribution in [0.2, 0.25) is 0 Å². The van der Waals surface area contributed by atoms with E-state index in [0.717, 1.165) is 38.5 Å². The zero-order valence-electron chi connectivity index (χ0n) is 63.5. The Balaban J connectivity index is 3.33. The summed E-state index contributed by atoms with van der Waals surface area (Å²) in [5.74, 6) is -0.0363. The van der Waals surface area contributed by atoms with E-state index in [0.29, 0.717) is 19.4 Å². The van der Waals surface area contributed by atoms with E-state index >= 15 is 0 Å². The molecule has 6 heteroatoms. The average molecular weight is 1310 g/mol. The molecule has 0 saturated heterocycles. The third kappa shape index (κ3) is 79.2. The average Bonchev–Trinajstić information content (AvgIpc) is 3.72. The summed E-state index contributed by atoms with van der Waals surface area (Å²) in [6.07, 6.45) is 108. The lowest BCUT2D eigenvalue weighted by molar-refractivity contribution is -0.143. The lowest BCUT2D eigenvalue weighted by Gasteiger charge is -2.20. The number of aliphatic hydroxyl groups is 2. The van der Waals surface area contributed by atoms with Crippen LogP contribution in [0.1, 0.15) is 495 Å². The number of carbonyl (C=O) groups is 2. The number of hydrogen-bond donors (Lipinski definition) is 3. The summed E-state index contributed by atoms with van der Waals surface area (Å²) in [7, 11) is 0. The summed E-state index contributed by atoms with van der Waals surface area (Å²) in [6, 6.07) is -0.625. The van der Waals surface area contributed by atoms with Crippen LogP contribution in [0.15, 0.2) is 24.3 Å². The molecule has 552 valence electrons. The van der Waals surface area contributed by atoms with Crippen molar-refractivity contribution in [2.24, 2.45) is 0 Å². The molecule has 0 radical (unpaired) electrons. The molecule has 0 spiro atoms. The SMILES string of the molecule is CCCCCCCCC/C=C\CCCCCCCCCC(=O)OCCCCCCCCCCCCCCCCCCCCCCCCCCCCCCCCCCCCCC(=O)NC(CO)C(O)/C=C/CCCCCCCCCCCCCCCCCCCCCCC. The van der Waals surface area contributed by atoms with E-state index in [1.165, 1.54) is 430 Å². The summed E-state index contributed by atoms with van der Waals surface area (Å²) in [5, 5.41) is 23.3. The highest BCUT2D eigenvalue weighted by Crippen LogP contribution is 2.21. The largest absolute Gasteiger partial charge is 0.466 e. The van der Waals surface area contributed by atoms with E-state index in [-0.39, 0.29) is 18.5 Å². The second-order valence-electron chi connectivity index (χ2n) is 29.9. The van der Waals surface area contributed by atoms with Crippen LogP contribution < -0.4 is 5.32 Å². The number of carbonyl (C=O) groups excluding carboxylic acids is 2. The van der Waals surface area contributed by atoms with Gasteiger partial charge in [-0.3, -0.25) is 9.59 Å². The van der Waals surface area contributed by atoms with Gasteiger partial charge in [0.1, 0.15) is 0 Å². The molecule has 0 saturated carbocycles. The van der Waals surface area contributed by atoms with E-state index in [4.69, 9.17) is 4.74 Å². The zero-order chi connectivity index (χ0) is 67.0. The van der Waals surface area contributed by atoms with Crippen LogP contribution in [0.5, 0.6) is 0 Å². The van der Waals surface area contributed by atoms with Crippen molar-refractivity contribution in [1.29, 1.82) is 0 Å². The van der Waals surface area contributed by atoms with Gasteiger partial charge < -0.3 is 20.3 Å². The summed E-state index contributed by atoms with van der Waals surface area (Å²) >= 11 is 0. The molecule has 3 N–H and O–H groups in total. The van der Waals surface area contributed by atoms with Gasteiger partial charge in [0.25, 0.3) is 0 Å². The number of allylic oxidation sites excluding steroid dienone is 3. The zero-order valence-corrected chi connectivity index (χ0v) is 63.5. The third-order valence-corrected chi connectivity index (χ3v) is 20.5. The molecule has 0 aromatic heterocycles. The quantitative estimate of drug-likeness (QED) is 0.0320. The Hall–Kier alpha value is -1.66. The summed E-state index contributed by atoms with van der Waals surface area (Å²) in [4.78, 5) is 24.7. The van der Waals surface area contributed by atoms with Crippen molar-refractivity contribution in [3.05, 3.63) is 24.3 Å². The van der Waals surface area contributed by atoms with E-state index in [2.05, 4.69) is 31.3 Å². The Morgan fingerprint density at radius 3 is 0.763 bits per heavy atom. The maximum absolute atomic E-state index is 12.6. The monoisotopic (exact) mass is 1310 g/mol. The number of hydrogen-bond acceptors (Lipinski definition) is 5. The number of ether oxygens (including phenoxy) is 1. The Morgan fingerprint density at radius 1 is 0.290 bits per heavy atom. The topological polar surface area (TPSA) is 95.9 Å². The molecular formula is C87H169NO5. The van der Waals surface area contributed by atoms with Crippen LogP contribution in [0.25, 0.3) is 0 Å². The predicted octanol–water partition coefficient (Wildman–Crippen LogP) is 28.8. The minimum absolute atomic E-state index is 0.0207. The highest BCUT2D eigenvalue weighted by Gasteiger charge is 2.18. The first kappa shape index (κ1) is 91.3. The van der Waals surface area contributed by atoms with Gasteiger partial charge in [-0.15, -0.1) is 0 Å². The van der Waals surface area contributed by atoms with Gasteiger partial charge in [-0.1, -0.05) is 449 Å². The first-order chi connectivity index (χ1) is 46.0. The van der Waals surface area contributed by atoms with E-state index in [1.807, 2.05) is 6.08 Å². The minimum Gasteiger partial charge on any atom is -0.466 e. The number of aliphatic hydroxyl groups excluding tert-OH is 2. The molecule has 0 aromatic rings. The van der Waals surface area contributed by atoms with Gasteiger partial charge in [0.15, 0.2) is 0 Å². The normalized spacial score (nSPS) is 12.5. The van der Waals surface area contributed by atoms with Gasteiger partial charge in [0.2, 0.25) is 5.91 Å². The van der Waals surface area contributed by atoms with Gasteiger partial charge >= 0.3 is 5.97 Å². The van der Waals surface area contributed by atoms with Gasteiger partial charge in [0.05, 0.1) is 25.4 Å². The van der Waals surface area contributed by atoms with Crippen LogP contribution in [-0.4, -0.2) is 47.4 Å². The molecule has 2 atom stereocenters. The van der Waals surface area contributed by atoms with E-state index < -0.39 is 12.1 Å². The van der Waals surface area contributed by atoms with Crippen molar-refractivity contribution in [2.75, 3.05) is 13.2 Å². The van der Waals surface area contributed by atoms with Gasteiger partial charge in [-0.2, -0.15) is 0 Å². The van der Waals surface area contributed by atoms with Gasteiger partial charge in [-0.25, -0.2) is 0 Å². The summed E-state index contributed by atoms with van der Waals surface area (Å²) in [6.45, 7) is 4.96. The van der Waals surface area contributed by atoms with E-state index in [1.54, 1.807) is 6.08 Å². The second-order valence-corrected chi connectivity index (χ2v) is 29.9.